The normalized spacial score (nSPS) is 10.4. The minimum atomic E-state index is 0.310. The van der Waals surface area contributed by atoms with Crippen LogP contribution in [0.1, 0.15) is 22.1 Å². The van der Waals surface area contributed by atoms with Gasteiger partial charge in [0.05, 0.1) is 11.3 Å². The summed E-state index contributed by atoms with van der Waals surface area (Å²) in [5.74, 6) is 2.69. The highest BCUT2D eigenvalue weighted by Crippen LogP contribution is 2.28. The van der Waals surface area contributed by atoms with E-state index in [2.05, 4.69) is 25.6 Å². The third-order valence-corrected chi connectivity index (χ3v) is 4.83. The molecule has 116 valence electrons. The Bertz CT molecular complexity index is 822. The molecule has 0 saturated heterocycles. The van der Waals surface area contributed by atoms with Crippen LogP contribution in [0.15, 0.2) is 35.4 Å². The average Bonchev–Trinajstić information content (AvgIpc) is 3.18. The van der Waals surface area contributed by atoms with E-state index in [4.69, 9.17) is 10.00 Å². The number of para-hydroxylation sites is 1. The van der Waals surface area contributed by atoms with Crippen LogP contribution in [0.3, 0.4) is 0 Å². The number of benzene rings is 1. The second-order valence-electron chi connectivity index (χ2n) is 4.62. The van der Waals surface area contributed by atoms with Gasteiger partial charge in [0, 0.05) is 4.88 Å². The molecule has 2 aromatic heterocycles. The SMILES string of the molecule is Cc1snc(SCc2nc(COc3ccccc3)n[nH]2)c1C#N. The molecule has 8 heteroatoms. The van der Waals surface area contributed by atoms with Crippen molar-refractivity contribution >= 4 is 23.3 Å². The van der Waals surface area contributed by atoms with Gasteiger partial charge in [-0.15, -0.1) is 0 Å². The summed E-state index contributed by atoms with van der Waals surface area (Å²) in [4.78, 5) is 5.32. The maximum absolute atomic E-state index is 9.12. The molecular formula is C15H13N5OS2. The van der Waals surface area contributed by atoms with Crippen LogP contribution in [0.2, 0.25) is 0 Å². The lowest BCUT2D eigenvalue weighted by molar-refractivity contribution is 0.296. The van der Waals surface area contributed by atoms with Crippen LogP contribution >= 0.6 is 23.3 Å². The second-order valence-corrected chi connectivity index (χ2v) is 6.56. The van der Waals surface area contributed by atoms with E-state index >= 15 is 0 Å². The fourth-order valence-corrected chi connectivity index (χ4v) is 3.52. The van der Waals surface area contributed by atoms with E-state index in [0.29, 0.717) is 23.7 Å². The van der Waals surface area contributed by atoms with Gasteiger partial charge in [-0.05, 0) is 30.6 Å². The first-order chi connectivity index (χ1) is 11.3. The van der Waals surface area contributed by atoms with Crippen LogP contribution in [0.5, 0.6) is 5.75 Å². The molecule has 0 bridgehead atoms. The maximum atomic E-state index is 9.12. The summed E-state index contributed by atoms with van der Waals surface area (Å²) in [7, 11) is 0. The molecule has 0 aliphatic rings. The van der Waals surface area contributed by atoms with Crippen LogP contribution in [-0.4, -0.2) is 19.6 Å². The van der Waals surface area contributed by atoms with Crippen molar-refractivity contribution in [2.24, 2.45) is 0 Å². The molecule has 0 saturated carbocycles. The molecule has 0 spiro atoms. The summed E-state index contributed by atoms with van der Waals surface area (Å²) >= 11 is 2.82. The lowest BCUT2D eigenvalue weighted by atomic mass is 10.3. The average molecular weight is 343 g/mol. The second kappa shape index (κ2) is 7.26. The zero-order chi connectivity index (χ0) is 16.1. The van der Waals surface area contributed by atoms with Gasteiger partial charge in [-0.1, -0.05) is 30.0 Å². The molecule has 6 nitrogen and oxygen atoms in total. The molecular weight excluding hydrogens is 330 g/mol. The van der Waals surface area contributed by atoms with Crippen molar-refractivity contribution in [3.05, 3.63) is 52.4 Å². The van der Waals surface area contributed by atoms with Gasteiger partial charge < -0.3 is 4.74 Å². The molecule has 0 fully saturated rings. The highest BCUT2D eigenvalue weighted by molar-refractivity contribution is 7.98. The Labute approximate surface area is 141 Å². The number of ether oxygens (including phenoxy) is 1. The topological polar surface area (TPSA) is 87.5 Å². The van der Waals surface area contributed by atoms with E-state index < -0.39 is 0 Å². The monoisotopic (exact) mass is 343 g/mol. The standard InChI is InChI=1S/C15H13N5OS2/c1-10-12(7-16)15(20-23-10)22-9-14-17-13(18-19-14)8-21-11-5-3-2-4-6-11/h2-6H,8-9H2,1H3,(H,17,18,19). The predicted molar refractivity (Wildman–Crippen MR) is 88.3 cm³/mol. The molecule has 0 aliphatic heterocycles. The Balaban J connectivity index is 1.56. The third kappa shape index (κ3) is 3.88. The summed E-state index contributed by atoms with van der Waals surface area (Å²) in [5, 5.41) is 16.9. The van der Waals surface area contributed by atoms with Gasteiger partial charge in [0.15, 0.2) is 5.82 Å². The first-order valence-corrected chi connectivity index (χ1v) is 8.59. The van der Waals surface area contributed by atoms with E-state index in [1.54, 1.807) is 0 Å². The molecule has 1 N–H and O–H groups in total. The predicted octanol–water partition coefficient (Wildman–Crippen LogP) is 3.31. The third-order valence-electron chi connectivity index (χ3n) is 2.98. The maximum Gasteiger partial charge on any atom is 0.188 e. The summed E-state index contributed by atoms with van der Waals surface area (Å²) in [5.41, 5.74) is 0.646. The van der Waals surface area contributed by atoms with Crippen molar-refractivity contribution in [2.75, 3.05) is 0 Å². The summed E-state index contributed by atoms with van der Waals surface area (Å²) < 4.78 is 9.88. The van der Waals surface area contributed by atoms with Gasteiger partial charge in [-0.25, -0.2) is 4.98 Å². The van der Waals surface area contributed by atoms with E-state index in [-0.39, 0.29) is 0 Å². The zero-order valence-corrected chi connectivity index (χ0v) is 13.9. The van der Waals surface area contributed by atoms with Crippen molar-refractivity contribution in [1.29, 1.82) is 5.26 Å². The number of nitriles is 1. The van der Waals surface area contributed by atoms with Gasteiger partial charge in [-0.3, -0.25) is 5.10 Å². The number of nitrogens with zero attached hydrogens (tertiary/aromatic N) is 4. The van der Waals surface area contributed by atoms with E-state index in [1.807, 2.05) is 37.3 Å². The van der Waals surface area contributed by atoms with Crippen LogP contribution < -0.4 is 4.74 Å². The molecule has 2 heterocycles. The summed E-state index contributed by atoms with van der Waals surface area (Å²) in [6.45, 7) is 2.21. The van der Waals surface area contributed by atoms with Crippen molar-refractivity contribution < 1.29 is 4.74 Å². The summed E-state index contributed by atoms with van der Waals surface area (Å²) in [6, 6.07) is 11.7. The Kier molecular flexibility index (Phi) is 4.90. The van der Waals surface area contributed by atoms with Crippen LogP contribution in [-0.2, 0) is 12.4 Å². The molecule has 23 heavy (non-hydrogen) atoms. The number of nitrogens with one attached hydrogen (secondary N) is 1. The minimum absolute atomic E-state index is 0.310. The van der Waals surface area contributed by atoms with Crippen molar-refractivity contribution in [1.82, 2.24) is 19.6 Å². The number of aromatic amines is 1. The van der Waals surface area contributed by atoms with Gasteiger partial charge in [0.2, 0.25) is 0 Å². The molecule has 0 radical (unpaired) electrons. The molecule has 1 aromatic carbocycles. The van der Waals surface area contributed by atoms with Crippen LogP contribution in [0.4, 0.5) is 0 Å². The number of H-pyrrole nitrogens is 1. The van der Waals surface area contributed by atoms with Crippen molar-refractivity contribution in [2.45, 2.75) is 24.3 Å². The Hall–Kier alpha value is -2.37. The van der Waals surface area contributed by atoms with Crippen LogP contribution in [0.25, 0.3) is 0 Å². The van der Waals surface area contributed by atoms with Gasteiger partial charge in [-0.2, -0.15) is 14.7 Å². The number of aryl methyl sites for hydroxylation is 1. The van der Waals surface area contributed by atoms with E-state index in [9.17, 15) is 0 Å². The molecule has 3 aromatic rings. The zero-order valence-electron chi connectivity index (χ0n) is 12.3. The molecule has 0 aliphatic carbocycles. The highest BCUT2D eigenvalue weighted by atomic mass is 32.2. The molecule has 0 amide bonds. The lowest BCUT2D eigenvalue weighted by Gasteiger charge is -2.01. The number of hydrogen-bond acceptors (Lipinski definition) is 7. The lowest BCUT2D eigenvalue weighted by Crippen LogP contribution is -1.97. The number of aromatic nitrogens is 4. The van der Waals surface area contributed by atoms with Crippen molar-refractivity contribution in [3.63, 3.8) is 0 Å². The van der Waals surface area contributed by atoms with Gasteiger partial charge >= 0.3 is 0 Å². The fraction of sp³-hybridized carbons (Fsp3) is 0.200. The molecule has 0 atom stereocenters. The van der Waals surface area contributed by atoms with E-state index in [1.165, 1.54) is 23.3 Å². The largest absolute Gasteiger partial charge is 0.486 e. The van der Waals surface area contributed by atoms with Crippen LogP contribution in [0, 0.1) is 18.3 Å². The molecule has 0 unspecified atom stereocenters. The smallest absolute Gasteiger partial charge is 0.188 e. The minimum Gasteiger partial charge on any atom is -0.486 e. The first-order valence-electron chi connectivity index (χ1n) is 6.83. The Morgan fingerprint density at radius 2 is 2.17 bits per heavy atom. The Morgan fingerprint density at radius 1 is 1.35 bits per heavy atom. The number of rotatable bonds is 6. The van der Waals surface area contributed by atoms with Gasteiger partial charge in [0.1, 0.15) is 29.3 Å². The number of thioether (sulfide) groups is 1. The van der Waals surface area contributed by atoms with Crippen molar-refractivity contribution in [3.8, 4) is 11.8 Å². The first kappa shape index (κ1) is 15.5. The summed E-state index contributed by atoms with van der Waals surface area (Å²) in [6.07, 6.45) is 0. The fourth-order valence-electron chi connectivity index (χ4n) is 1.84. The Morgan fingerprint density at radius 3 is 2.96 bits per heavy atom. The van der Waals surface area contributed by atoms with Gasteiger partial charge in [0.25, 0.3) is 0 Å². The molecule has 3 rings (SSSR count). The van der Waals surface area contributed by atoms with E-state index in [0.717, 1.165) is 21.5 Å². The highest BCUT2D eigenvalue weighted by Gasteiger charge is 2.12. The number of hydrogen-bond donors (Lipinski definition) is 1. The quantitative estimate of drug-likeness (QED) is 0.691.